The number of benzene rings is 1. The van der Waals surface area contributed by atoms with Crippen molar-refractivity contribution in [3.05, 3.63) is 29.8 Å². The van der Waals surface area contributed by atoms with Gasteiger partial charge in [0.1, 0.15) is 0 Å². The number of alkyl halides is 1. The smallest absolute Gasteiger partial charge is 0.207 e. The van der Waals surface area contributed by atoms with E-state index in [4.69, 9.17) is 0 Å². The van der Waals surface area contributed by atoms with Crippen LogP contribution in [0.1, 0.15) is 19.4 Å². The van der Waals surface area contributed by atoms with E-state index in [0.29, 0.717) is 10.8 Å². The molecule has 0 saturated carbocycles. The number of nitrogens with zero attached hydrogens (tertiary/aromatic N) is 1. The first-order chi connectivity index (χ1) is 7.85. The fourth-order valence-electron chi connectivity index (χ4n) is 1.94. The molecule has 3 nitrogen and oxygen atoms in total. The second-order valence-corrected chi connectivity index (χ2v) is 7.87. The molecule has 2 rings (SSSR count). The lowest BCUT2D eigenvalue weighted by Crippen LogP contribution is -2.17. The van der Waals surface area contributed by atoms with Crippen LogP contribution in [0.4, 0.5) is 0 Å². The third kappa shape index (κ3) is 2.37. The van der Waals surface area contributed by atoms with E-state index in [1.807, 2.05) is 19.1 Å². The van der Waals surface area contributed by atoms with Gasteiger partial charge in [-0.05, 0) is 25.0 Å². The largest absolute Gasteiger partial charge is 0.244 e. The third-order valence-corrected chi connectivity index (χ3v) is 6.62. The molecule has 0 aromatic heterocycles. The van der Waals surface area contributed by atoms with Crippen LogP contribution < -0.4 is 0 Å². The molecule has 1 unspecified atom stereocenters. The van der Waals surface area contributed by atoms with Crippen molar-refractivity contribution in [3.63, 3.8) is 0 Å². The summed E-state index contributed by atoms with van der Waals surface area (Å²) in [7, 11) is -3.30. The van der Waals surface area contributed by atoms with E-state index in [1.54, 1.807) is 16.4 Å². The van der Waals surface area contributed by atoms with Crippen LogP contribution in [0.15, 0.2) is 29.2 Å². The molecule has 0 aliphatic carbocycles. The highest BCUT2D eigenvalue weighted by Crippen LogP contribution is 2.43. The number of hydrogen-bond donors (Lipinski definition) is 0. The zero-order valence-electron chi connectivity index (χ0n) is 10.1. The summed E-state index contributed by atoms with van der Waals surface area (Å²) in [5, 5.41) is 0. The van der Waals surface area contributed by atoms with Crippen molar-refractivity contribution in [1.82, 2.24) is 4.31 Å². The first-order valence-electron chi connectivity index (χ1n) is 5.60. The van der Waals surface area contributed by atoms with Gasteiger partial charge in [-0.2, -0.15) is 4.31 Å². The lowest BCUT2D eigenvalue weighted by atomic mass is 10.1. The molecule has 1 aromatic carbocycles. The summed E-state index contributed by atoms with van der Waals surface area (Å²) in [6.07, 6.45) is 0. The van der Waals surface area contributed by atoms with E-state index in [2.05, 4.69) is 36.4 Å². The molecule has 0 spiro atoms. The number of hydrogen-bond acceptors (Lipinski definition) is 2. The van der Waals surface area contributed by atoms with Crippen molar-refractivity contribution >= 4 is 32.6 Å². The Balaban J connectivity index is 2.30. The Hall–Kier alpha value is -0.140. The summed E-state index contributed by atoms with van der Waals surface area (Å²) < 4.78 is 26.4. The standard InChI is InChI=1S/C12H16INO2S/c1-8(2)11-12(13)14(11)17(15,16)10-6-4-9(3)5-7-10/h4-8,11-12H,1-3H3/t11-,12-,14?/m1/s1. The molecule has 0 N–H and O–H groups in total. The highest BCUT2D eigenvalue weighted by molar-refractivity contribution is 14.1. The van der Waals surface area contributed by atoms with E-state index in [-0.39, 0.29) is 10.1 Å². The van der Waals surface area contributed by atoms with E-state index in [9.17, 15) is 8.42 Å². The Kier molecular flexibility index (Phi) is 3.53. The average molecular weight is 365 g/mol. The van der Waals surface area contributed by atoms with E-state index >= 15 is 0 Å². The molecule has 1 aromatic rings. The molecule has 0 radical (unpaired) electrons. The number of aryl methyl sites for hydroxylation is 1. The van der Waals surface area contributed by atoms with Gasteiger partial charge in [-0.1, -0.05) is 54.1 Å². The maximum atomic E-state index is 12.4. The fraction of sp³-hybridized carbons (Fsp3) is 0.500. The van der Waals surface area contributed by atoms with Gasteiger partial charge in [0.15, 0.2) is 0 Å². The maximum absolute atomic E-state index is 12.4. The Bertz CT molecular complexity index is 510. The lowest BCUT2D eigenvalue weighted by molar-refractivity contribution is 0.518. The quantitative estimate of drug-likeness (QED) is 0.358. The molecule has 3 atom stereocenters. The van der Waals surface area contributed by atoms with Crippen molar-refractivity contribution in [2.45, 2.75) is 35.8 Å². The van der Waals surface area contributed by atoms with Gasteiger partial charge in [-0.25, -0.2) is 8.42 Å². The van der Waals surface area contributed by atoms with Gasteiger partial charge >= 0.3 is 0 Å². The molecule has 0 amide bonds. The van der Waals surface area contributed by atoms with Crippen LogP contribution in [0.3, 0.4) is 0 Å². The van der Waals surface area contributed by atoms with Gasteiger partial charge in [0, 0.05) is 0 Å². The molecular weight excluding hydrogens is 349 g/mol. The first kappa shape index (κ1) is 13.3. The summed E-state index contributed by atoms with van der Waals surface area (Å²) in [4.78, 5) is 0.396. The zero-order valence-corrected chi connectivity index (χ0v) is 13.1. The van der Waals surface area contributed by atoms with Crippen molar-refractivity contribution in [2.24, 2.45) is 5.92 Å². The van der Waals surface area contributed by atoms with Gasteiger partial charge in [0.2, 0.25) is 10.0 Å². The SMILES string of the molecule is Cc1ccc(S(=O)(=O)N2[C@H](C(C)C)[C@@H]2I)cc1. The Labute approximate surface area is 116 Å². The molecule has 1 fully saturated rings. The monoisotopic (exact) mass is 365 g/mol. The summed E-state index contributed by atoms with van der Waals surface area (Å²) in [6, 6.07) is 7.18. The molecule has 17 heavy (non-hydrogen) atoms. The molecule has 1 aliphatic rings. The van der Waals surface area contributed by atoms with Crippen LogP contribution >= 0.6 is 22.6 Å². The molecule has 0 bridgehead atoms. The van der Waals surface area contributed by atoms with Gasteiger partial charge in [-0.15, -0.1) is 0 Å². The summed E-state index contributed by atoms with van der Waals surface area (Å²) in [5.41, 5.74) is 1.07. The maximum Gasteiger partial charge on any atom is 0.244 e. The van der Waals surface area contributed by atoms with Gasteiger partial charge in [0.25, 0.3) is 0 Å². The highest BCUT2D eigenvalue weighted by Gasteiger charge is 2.55. The summed E-state index contributed by atoms with van der Waals surface area (Å²) >= 11 is 2.20. The Morgan fingerprint density at radius 2 is 1.76 bits per heavy atom. The molecule has 5 heteroatoms. The van der Waals surface area contributed by atoms with Crippen LogP contribution in [0.2, 0.25) is 0 Å². The Morgan fingerprint density at radius 1 is 1.24 bits per heavy atom. The van der Waals surface area contributed by atoms with E-state index in [1.165, 1.54) is 0 Å². The third-order valence-electron chi connectivity index (χ3n) is 3.01. The van der Waals surface area contributed by atoms with E-state index < -0.39 is 10.0 Å². The predicted molar refractivity (Wildman–Crippen MR) is 76.6 cm³/mol. The van der Waals surface area contributed by atoms with Crippen LogP contribution in [-0.2, 0) is 10.0 Å². The van der Waals surface area contributed by atoms with Gasteiger partial charge in [-0.3, -0.25) is 0 Å². The van der Waals surface area contributed by atoms with Crippen molar-refractivity contribution in [2.75, 3.05) is 0 Å². The van der Waals surface area contributed by atoms with Gasteiger partial charge < -0.3 is 0 Å². The minimum atomic E-state index is -3.30. The molecule has 1 heterocycles. The summed E-state index contributed by atoms with van der Waals surface area (Å²) in [5.74, 6) is 0.358. The van der Waals surface area contributed by atoms with Crippen molar-refractivity contribution < 1.29 is 8.42 Å². The van der Waals surface area contributed by atoms with Crippen LogP contribution in [-0.4, -0.2) is 22.8 Å². The molecule has 1 saturated heterocycles. The normalized spacial score (nSPS) is 28.4. The van der Waals surface area contributed by atoms with Crippen LogP contribution in [0.25, 0.3) is 0 Å². The van der Waals surface area contributed by atoms with Crippen molar-refractivity contribution in [3.8, 4) is 0 Å². The summed E-state index contributed by atoms with van der Waals surface area (Å²) in [6.45, 7) is 6.06. The number of halogens is 1. The lowest BCUT2D eigenvalue weighted by Gasteiger charge is -2.07. The minimum absolute atomic E-state index is 0.0962. The van der Waals surface area contributed by atoms with Crippen LogP contribution in [0.5, 0.6) is 0 Å². The van der Waals surface area contributed by atoms with Crippen LogP contribution in [0, 0.1) is 12.8 Å². The topological polar surface area (TPSA) is 37.1 Å². The van der Waals surface area contributed by atoms with E-state index in [0.717, 1.165) is 5.56 Å². The number of rotatable bonds is 3. The van der Waals surface area contributed by atoms with Crippen molar-refractivity contribution in [1.29, 1.82) is 0 Å². The minimum Gasteiger partial charge on any atom is -0.207 e. The highest BCUT2D eigenvalue weighted by atomic mass is 127. The first-order valence-corrected chi connectivity index (χ1v) is 8.28. The molecular formula is C12H16INO2S. The second kappa shape index (κ2) is 4.51. The second-order valence-electron chi connectivity index (χ2n) is 4.76. The average Bonchev–Trinajstić information content (AvgIpc) is 2.91. The molecule has 1 aliphatic heterocycles. The molecule has 94 valence electrons. The fourth-order valence-corrected chi connectivity index (χ4v) is 6.15. The predicted octanol–water partition coefficient (Wildman–Crippen LogP) is 2.79. The Morgan fingerprint density at radius 3 is 2.18 bits per heavy atom. The number of sulfonamides is 1. The van der Waals surface area contributed by atoms with Gasteiger partial charge in [0.05, 0.1) is 15.0 Å². The zero-order chi connectivity index (χ0) is 12.8.